The Balaban J connectivity index is 1.81. The Labute approximate surface area is 130 Å². The van der Waals surface area contributed by atoms with E-state index in [-0.39, 0.29) is 13.1 Å². The number of nitrogens with zero attached hydrogens (tertiary/aromatic N) is 2. The molecule has 0 radical (unpaired) electrons. The Morgan fingerprint density at radius 2 is 2.09 bits per heavy atom. The largest absolute Gasteiger partial charge is 0.350 e. The second-order valence-electron chi connectivity index (χ2n) is 5.16. The molecule has 0 unspecified atom stereocenters. The third-order valence-corrected chi connectivity index (χ3v) is 3.60. The number of hydrogen-bond donors (Lipinski definition) is 3. The molecule has 3 rings (SSSR count). The molecule has 3 N–H and O–H groups in total. The van der Waals surface area contributed by atoms with Crippen LogP contribution in [0.4, 0.5) is 0 Å². The first-order valence-corrected chi connectivity index (χ1v) is 7.03. The van der Waals surface area contributed by atoms with E-state index in [1.807, 2.05) is 6.92 Å². The molecule has 0 saturated heterocycles. The Bertz CT molecular complexity index is 982. The molecule has 118 valence electrons. The number of para-hydroxylation sites is 1. The van der Waals surface area contributed by atoms with Crippen LogP contribution in [0.5, 0.6) is 0 Å². The summed E-state index contributed by atoms with van der Waals surface area (Å²) in [6.07, 6.45) is 1.62. The summed E-state index contributed by atoms with van der Waals surface area (Å²) < 4.78 is 0.889. The lowest BCUT2D eigenvalue weighted by atomic mass is 10.2. The van der Waals surface area contributed by atoms with Gasteiger partial charge in [0.15, 0.2) is 0 Å². The van der Waals surface area contributed by atoms with Crippen LogP contribution in [0.15, 0.2) is 40.1 Å². The number of fused-ring (bicyclic) bond motifs is 1. The molecule has 0 bridgehead atoms. The van der Waals surface area contributed by atoms with Crippen molar-refractivity contribution in [2.75, 3.05) is 0 Å². The maximum Gasteiger partial charge on any atom is 0.329 e. The van der Waals surface area contributed by atoms with Gasteiger partial charge in [-0.2, -0.15) is 5.10 Å². The minimum Gasteiger partial charge on any atom is -0.350 e. The Morgan fingerprint density at radius 1 is 1.30 bits per heavy atom. The van der Waals surface area contributed by atoms with Crippen LogP contribution in [-0.4, -0.2) is 25.7 Å². The Kier molecular flexibility index (Phi) is 3.80. The Morgan fingerprint density at radius 3 is 2.83 bits per heavy atom. The van der Waals surface area contributed by atoms with E-state index in [0.717, 1.165) is 15.8 Å². The molecule has 0 aliphatic rings. The molecular weight excluding hydrogens is 298 g/mol. The molecule has 1 aromatic carbocycles. The lowest BCUT2D eigenvalue weighted by molar-refractivity contribution is -0.121. The van der Waals surface area contributed by atoms with Crippen molar-refractivity contribution in [3.05, 3.63) is 62.6 Å². The number of aromatic amines is 2. The molecule has 1 amide bonds. The van der Waals surface area contributed by atoms with Crippen LogP contribution in [0.3, 0.4) is 0 Å². The van der Waals surface area contributed by atoms with Gasteiger partial charge in [-0.3, -0.25) is 19.3 Å². The zero-order valence-corrected chi connectivity index (χ0v) is 12.4. The lowest BCUT2D eigenvalue weighted by Crippen LogP contribution is -2.40. The van der Waals surface area contributed by atoms with Gasteiger partial charge in [0.1, 0.15) is 6.54 Å². The molecule has 2 aromatic heterocycles. The highest BCUT2D eigenvalue weighted by Gasteiger charge is 2.11. The summed E-state index contributed by atoms with van der Waals surface area (Å²) in [6.45, 7) is 1.78. The summed E-state index contributed by atoms with van der Waals surface area (Å²) in [5.41, 5.74) is 1.06. The molecule has 8 nitrogen and oxygen atoms in total. The summed E-state index contributed by atoms with van der Waals surface area (Å²) in [5.74, 6) is -0.423. The summed E-state index contributed by atoms with van der Waals surface area (Å²) in [7, 11) is 0. The van der Waals surface area contributed by atoms with Crippen molar-refractivity contribution in [3.8, 4) is 0 Å². The van der Waals surface area contributed by atoms with Crippen LogP contribution in [0.1, 0.15) is 11.3 Å². The summed E-state index contributed by atoms with van der Waals surface area (Å²) in [4.78, 5) is 38.9. The van der Waals surface area contributed by atoms with Crippen molar-refractivity contribution in [1.29, 1.82) is 0 Å². The van der Waals surface area contributed by atoms with E-state index in [1.165, 1.54) is 0 Å². The fourth-order valence-corrected chi connectivity index (χ4v) is 2.29. The number of carbonyl (C=O) groups is 1. The highest BCUT2D eigenvalue weighted by atomic mass is 16.2. The predicted molar refractivity (Wildman–Crippen MR) is 84.0 cm³/mol. The first kappa shape index (κ1) is 14.8. The van der Waals surface area contributed by atoms with E-state index >= 15 is 0 Å². The molecule has 0 aliphatic heterocycles. The van der Waals surface area contributed by atoms with Crippen LogP contribution in [0.25, 0.3) is 10.9 Å². The van der Waals surface area contributed by atoms with E-state index in [1.54, 1.807) is 30.5 Å². The van der Waals surface area contributed by atoms with E-state index in [2.05, 4.69) is 20.5 Å². The molecule has 8 heteroatoms. The van der Waals surface area contributed by atoms with E-state index in [4.69, 9.17) is 0 Å². The van der Waals surface area contributed by atoms with Gasteiger partial charge < -0.3 is 10.3 Å². The van der Waals surface area contributed by atoms with Gasteiger partial charge in [0.25, 0.3) is 5.56 Å². The molecule has 0 saturated carbocycles. The van der Waals surface area contributed by atoms with Gasteiger partial charge in [0.05, 0.1) is 17.1 Å². The number of amides is 1. The van der Waals surface area contributed by atoms with Crippen molar-refractivity contribution < 1.29 is 4.79 Å². The zero-order chi connectivity index (χ0) is 16.4. The topological polar surface area (TPSA) is 113 Å². The van der Waals surface area contributed by atoms with Crippen molar-refractivity contribution >= 4 is 16.8 Å². The van der Waals surface area contributed by atoms with E-state index < -0.39 is 17.2 Å². The number of rotatable bonds is 4. The monoisotopic (exact) mass is 313 g/mol. The molecular formula is C15H15N5O3. The maximum atomic E-state index is 12.3. The smallest absolute Gasteiger partial charge is 0.329 e. The minimum absolute atomic E-state index is 0.279. The predicted octanol–water partition coefficient (Wildman–Crippen LogP) is 0.0377. The molecule has 0 fully saturated rings. The van der Waals surface area contributed by atoms with Crippen molar-refractivity contribution in [2.24, 2.45) is 0 Å². The molecule has 0 spiro atoms. The fourth-order valence-electron chi connectivity index (χ4n) is 2.29. The number of carbonyl (C=O) groups excluding carboxylic acids is 1. The lowest BCUT2D eigenvalue weighted by Gasteiger charge is -2.07. The summed E-state index contributed by atoms with van der Waals surface area (Å²) in [5, 5.41) is 9.66. The normalized spacial score (nSPS) is 10.8. The average molecular weight is 313 g/mol. The second-order valence-corrected chi connectivity index (χ2v) is 5.16. The minimum atomic E-state index is -0.608. The molecule has 23 heavy (non-hydrogen) atoms. The van der Waals surface area contributed by atoms with Gasteiger partial charge >= 0.3 is 5.69 Å². The third-order valence-electron chi connectivity index (χ3n) is 3.60. The fraction of sp³-hybridized carbons (Fsp3) is 0.200. The van der Waals surface area contributed by atoms with E-state index in [0.29, 0.717) is 10.9 Å². The first-order valence-electron chi connectivity index (χ1n) is 7.03. The molecule has 0 aliphatic carbocycles. The number of aryl methyl sites for hydroxylation is 1. The quantitative estimate of drug-likeness (QED) is 0.631. The number of benzene rings is 1. The average Bonchev–Trinajstić information content (AvgIpc) is 2.94. The molecule has 2 heterocycles. The summed E-state index contributed by atoms with van der Waals surface area (Å²) in [6, 6.07) is 6.68. The van der Waals surface area contributed by atoms with Crippen LogP contribution in [-0.2, 0) is 17.9 Å². The van der Waals surface area contributed by atoms with Crippen molar-refractivity contribution in [1.82, 2.24) is 25.1 Å². The van der Waals surface area contributed by atoms with Gasteiger partial charge in [-0.15, -0.1) is 0 Å². The van der Waals surface area contributed by atoms with Crippen LogP contribution < -0.4 is 16.6 Å². The van der Waals surface area contributed by atoms with Gasteiger partial charge in [-0.25, -0.2) is 4.79 Å². The van der Waals surface area contributed by atoms with Crippen LogP contribution in [0.2, 0.25) is 0 Å². The van der Waals surface area contributed by atoms with Crippen LogP contribution >= 0.6 is 0 Å². The Hall–Kier alpha value is -3.16. The molecule has 3 aromatic rings. The van der Waals surface area contributed by atoms with Gasteiger partial charge in [-0.1, -0.05) is 12.1 Å². The third kappa shape index (κ3) is 2.91. The highest BCUT2D eigenvalue weighted by molar-refractivity contribution is 5.78. The first-order chi connectivity index (χ1) is 11.1. The number of nitrogens with one attached hydrogen (secondary N) is 3. The van der Waals surface area contributed by atoms with E-state index in [9.17, 15) is 14.4 Å². The number of hydrogen-bond acceptors (Lipinski definition) is 4. The van der Waals surface area contributed by atoms with Crippen molar-refractivity contribution in [3.63, 3.8) is 0 Å². The highest BCUT2D eigenvalue weighted by Crippen LogP contribution is 2.03. The van der Waals surface area contributed by atoms with Gasteiger partial charge in [-0.05, 0) is 19.1 Å². The van der Waals surface area contributed by atoms with Gasteiger partial charge in [0, 0.05) is 17.8 Å². The number of H-pyrrole nitrogens is 2. The maximum absolute atomic E-state index is 12.3. The molecule has 0 atom stereocenters. The van der Waals surface area contributed by atoms with Crippen LogP contribution in [0, 0.1) is 6.92 Å². The zero-order valence-electron chi connectivity index (χ0n) is 12.4. The standard InChI is InChI=1S/C15H15N5O3/c1-9-10(7-17-19-9)6-16-13(21)8-20-14(22)11-4-2-3-5-12(11)18-15(20)23/h2-5,7H,6,8H2,1H3,(H,16,21)(H,17,19)(H,18,23). The SMILES string of the molecule is Cc1[nH]ncc1CNC(=O)Cn1c(=O)[nH]c2ccccc2c1=O. The van der Waals surface area contributed by atoms with Gasteiger partial charge in [0.2, 0.25) is 5.91 Å². The van der Waals surface area contributed by atoms with Crippen molar-refractivity contribution in [2.45, 2.75) is 20.0 Å². The number of aromatic nitrogens is 4. The second kappa shape index (κ2) is 5.91. The summed E-state index contributed by atoms with van der Waals surface area (Å²) >= 11 is 0.